The highest BCUT2D eigenvalue weighted by Crippen LogP contribution is 2.31. The fourth-order valence-corrected chi connectivity index (χ4v) is 2.80. The number of carbonyl (C=O) groups excluding carboxylic acids is 2. The van der Waals surface area contributed by atoms with Crippen LogP contribution in [0.1, 0.15) is 26.7 Å². The van der Waals surface area contributed by atoms with Crippen molar-refractivity contribution >= 4 is 29.9 Å². The van der Waals surface area contributed by atoms with Crippen molar-refractivity contribution in [3.8, 4) is 11.5 Å². The normalized spacial score (nSPS) is 18.7. The molecule has 1 aliphatic heterocycles. The Balaban J connectivity index is 0.00000338. The molecule has 0 aliphatic carbocycles. The molecule has 8 heteroatoms. The molecule has 146 valence electrons. The van der Waals surface area contributed by atoms with Crippen molar-refractivity contribution in [2.75, 3.05) is 25.7 Å². The SMILES string of the molecule is CCC(C)C(N)C(=O)NC1CCN(c2cc(OC)cc(OC)c2)C1=O.Cl. The average Bonchev–Trinajstić information content (AvgIpc) is 3.00. The Morgan fingerprint density at radius 1 is 1.31 bits per heavy atom. The number of halogens is 1. The van der Waals surface area contributed by atoms with E-state index in [2.05, 4.69) is 5.32 Å². The van der Waals surface area contributed by atoms with Gasteiger partial charge in [-0.25, -0.2) is 0 Å². The third kappa shape index (κ3) is 4.80. The van der Waals surface area contributed by atoms with Gasteiger partial charge in [-0.3, -0.25) is 9.59 Å². The summed E-state index contributed by atoms with van der Waals surface area (Å²) in [5.74, 6) is 0.842. The summed E-state index contributed by atoms with van der Waals surface area (Å²) in [4.78, 5) is 26.6. The summed E-state index contributed by atoms with van der Waals surface area (Å²) >= 11 is 0. The number of hydrogen-bond acceptors (Lipinski definition) is 5. The fraction of sp³-hybridized carbons (Fsp3) is 0.556. The first-order chi connectivity index (χ1) is 11.9. The van der Waals surface area contributed by atoms with E-state index in [0.717, 1.165) is 6.42 Å². The smallest absolute Gasteiger partial charge is 0.249 e. The summed E-state index contributed by atoms with van der Waals surface area (Å²) in [5, 5.41) is 2.78. The molecular formula is C18H28ClN3O4. The van der Waals surface area contributed by atoms with Crippen molar-refractivity contribution in [1.29, 1.82) is 0 Å². The van der Waals surface area contributed by atoms with Crippen molar-refractivity contribution in [3.63, 3.8) is 0 Å². The lowest BCUT2D eigenvalue weighted by Gasteiger charge is -2.21. The molecule has 2 rings (SSSR count). The largest absolute Gasteiger partial charge is 0.497 e. The molecule has 1 aromatic rings. The number of methoxy groups -OCH3 is 2. The zero-order valence-electron chi connectivity index (χ0n) is 15.7. The maximum absolute atomic E-state index is 12.7. The fourth-order valence-electron chi connectivity index (χ4n) is 2.80. The Labute approximate surface area is 160 Å². The van der Waals surface area contributed by atoms with Crippen LogP contribution in [0.5, 0.6) is 11.5 Å². The van der Waals surface area contributed by atoms with E-state index in [-0.39, 0.29) is 30.1 Å². The van der Waals surface area contributed by atoms with Crippen LogP contribution >= 0.6 is 12.4 Å². The minimum atomic E-state index is -0.608. The topological polar surface area (TPSA) is 93.9 Å². The zero-order chi connectivity index (χ0) is 18.6. The highest BCUT2D eigenvalue weighted by atomic mass is 35.5. The lowest BCUT2D eigenvalue weighted by atomic mass is 9.99. The molecule has 26 heavy (non-hydrogen) atoms. The van der Waals surface area contributed by atoms with E-state index in [1.54, 1.807) is 37.3 Å². The summed E-state index contributed by atoms with van der Waals surface area (Å²) in [7, 11) is 3.12. The second-order valence-corrected chi connectivity index (χ2v) is 6.32. The molecule has 1 heterocycles. The molecule has 1 saturated heterocycles. The highest BCUT2D eigenvalue weighted by molar-refractivity contribution is 6.02. The van der Waals surface area contributed by atoms with Crippen molar-refractivity contribution in [2.45, 2.75) is 38.8 Å². The number of hydrogen-bond donors (Lipinski definition) is 2. The van der Waals surface area contributed by atoms with Gasteiger partial charge in [0.25, 0.3) is 0 Å². The van der Waals surface area contributed by atoms with Gasteiger partial charge in [0.15, 0.2) is 0 Å². The van der Waals surface area contributed by atoms with Gasteiger partial charge in [0, 0.05) is 24.7 Å². The first-order valence-corrected chi connectivity index (χ1v) is 8.51. The number of amides is 2. The lowest BCUT2D eigenvalue weighted by molar-refractivity contribution is -0.128. The summed E-state index contributed by atoms with van der Waals surface area (Å²) in [6.45, 7) is 4.42. The molecule has 1 aromatic carbocycles. The highest BCUT2D eigenvalue weighted by Gasteiger charge is 2.35. The molecule has 7 nitrogen and oxygen atoms in total. The van der Waals surface area contributed by atoms with E-state index in [9.17, 15) is 9.59 Å². The average molecular weight is 386 g/mol. The Morgan fingerprint density at radius 2 is 1.88 bits per heavy atom. The molecule has 0 radical (unpaired) electrons. The first-order valence-electron chi connectivity index (χ1n) is 8.51. The molecule has 0 spiro atoms. The van der Waals surface area contributed by atoms with Gasteiger partial charge < -0.3 is 25.4 Å². The van der Waals surface area contributed by atoms with E-state index >= 15 is 0 Å². The lowest BCUT2D eigenvalue weighted by Crippen LogP contribution is -2.50. The number of nitrogens with zero attached hydrogens (tertiary/aromatic N) is 1. The maximum atomic E-state index is 12.7. The number of ether oxygens (including phenoxy) is 2. The van der Waals surface area contributed by atoms with E-state index < -0.39 is 12.1 Å². The maximum Gasteiger partial charge on any atom is 0.249 e. The standard InChI is InChI=1S/C18H27N3O4.ClH/c1-5-11(2)16(19)17(22)20-15-6-7-21(18(15)23)12-8-13(24-3)10-14(9-12)25-4;/h8-11,15-16H,5-7,19H2,1-4H3,(H,20,22);1H. The number of rotatable bonds is 7. The van der Waals surface area contributed by atoms with E-state index in [4.69, 9.17) is 15.2 Å². The molecule has 1 fully saturated rings. The Kier molecular flexibility index (Phi) is 8.17. The summed E-state index contributed by atoms with van der Waals surface area (Å²) in [5.41, 5.74) is 6.63. The predicted octanol–water partition coefficient (Wildman–Crippen LogP) is 1.72. The first kappa shape index (κ1) is 22.1. The Hall–Kier alpha value is -1.99. The molecule has 3 atom stereocenters. The molecule has 2 amide bonds. The van der Waals surface area contributed by atoms with Gasteiger partial charge in [0.2, 0.25) is 11.8 Å². The monoisotopic (exact) mass is 385 g/mol. The molecule has 3 unspecified atom stereocenters. The van der Waals surface area contributed by atoms with Gasteiger partial charge in [-0.1, -0.05) is 20.3 Å². The number of carbonyl (C=O) groups is 2. The van der Waals surface area contributed by atoms with Crippen molar-refractivity contribution < 1.29 is 19.1 Å². The number of nitrogens with one attached hydrogen (secondary N) is 1. The molecule has 3 N–H and O–H groups in total. The van der Waals surface area contributed by atoms with Gasteiger partial charge in [-0.15, -0.1) is 12.4 Å². The minimum absolute atomic E-state index is 0. The minimum Gasteiger partial charge on any atom is -0.497 e. The van der Waals surface area contributed by atoms with Crippen LogP contribution in [0.2, 0.25) is 0 Å². The summed E-state index contributed by atoms with van der Waals surface area (Å²) < 4.78 is 10.5. The zero-order valence-corrected chi connectivity index (χ0v) is 16.5. The number of anilines is 1. The van der Waals surface area contributed by atoms with Crippen LogP contribution in [-0.4, -0.2) is 44.7 Å². The molecule has 1 aliphatic rings. The van der Waals surface area contributed by atoms with Crippen molar-refractivity contribution in [1.82, 2.24) is 5.32 Å². The van der Waals surface area contributed by atoms with Gasteiger partial charge in [0.05, 0.1) is 25.9 Å². The van der Waals surface area contributed by atoms with Gasteiger partial charge in [0.1, 0.15) is 17.5 Å². The van der Waals surface area contributed by atoms with Gasteiger partial charge >= 0.3 is 0 Å². The number of benzene rings is 1. The van der Waals surface area contributed by atoms with Crippen LogP contribution in [0.3, 0.4) is 0 Å². The Morgan fingerprint density at radius 3 is 2.38 bits per heavy atom. The van der Waals surface area contributed by atoms with E-state index in [0.29, 0.717) is 30.2 Å². The van der Waals surface area contributed by atoms with E-state index in [1.165, 1.54) is 0 Å². The van der Waals surface area contributed by atoms with Crippen LogP contribution in [-0.2, 0) is 9.59 Å². The van der Waals surface area contributed by atoms with Crippen molar-refractivity contribution in [3.05, 3.63) is 18.2 Å². The third-order valence-corrected chi connectivity index (χ3v) is 4.73. The second-order valence-electron chi connectivity index (χ2n) is 6.32. The van der Waals surface area contributed by atoms with Crippen LogP contribution in [0.25, 0.3) is 0 Å². The molecule has 0 aromatic heterocycles. The van der Waals surface area contributed by atoms with Gasteiger partial charge in [-0.2, -0.15) is 0 Å². The van der Waals surface area contributed by atoms with Crippen LogP contribution in [0.4, 0.5) is 5.69 Å². The second kappa shape index (κ2) is 9.64. The molecule has 0 bridgehead atoms. The third-order valence-electron chi connectivity index (χ3n) is 4.73. The quantitative estimate of drug-likeness (QED) is 0.745. The Bertz CT molecular complexity index is 619. The van der Waals surface area contributed by atoms with Crippen LogP contribution in [0.15, 0.2) is 18.2 Å². The van der Waals surface area contributed by atoms with Crippen LogP contribution in [0, 0.1) is 5.92 Å². The van der Waals surface area contributed by atoms with Gasteiger partial charge in [-0.05, 0) is 12.3 Å². The van der Waals surface area contributed by atoms with Crippen LogP contribution < -0.4 is 25.4 Å². The molecular weight excluding hydrogens is 358 g/mol. The predicted molar refractivity (Wildman–Crippen MR) is 103 cm³/mol. The number of nitrogens with two attached hydrogens (primary N) is 1. The van der Waals surface area contributed by atoms with E-state index in [1.807, 2.05) is 13.8 Å². The molecule has 0 saturated carbocycles. The summed E-state index contributed by atoms with van der Waals surface area (Å²) in [6.07, 6.45) is 1.35. The van der Waals surface area contributed by atoms with Crippen molar-refractivity contribution in [2.24, 2.45) is 11.7 Å². The summed E-state index contributed by atoms with van der Waals surface area (Å²) in [6, 6.07) is 4.13.